The highest BCUT2D eigenvalue weighted by Gasteiger charge is 2.77. The molecule has 3 aromatic carbocycles. The minimum atomic E-state index is -1.25. The molecular weight excluding hydrogens is 564 g/mol. The van der Waals surface area contributed by atoms with Crippen molar-refractivity contribution in [3.8, 4) is 0 Å². The van der Waals surface area contributed by atoms with E-state index >= 15 is 0 Å². The van der Waals surface area contributed by atoms with Gasteiger partial charge in [-0.1, -0.05) is 76.6 Å². The van der Waals surface area contributed by atoms with Crippen LogP contribution in [0.15, 0.2) is 72.8 Å². The van der Waals surface area contributed by atoms with Crippen molar-refractivity contribution in [2.45, 2.75) is 42.0 Å². The number of amides is 2. The van der Waals surface area contributed by atoms with Crippen LogP contribution in [0.25, 0.3) is 10.8 Å². The molecule has 0 aromatic heterocycles. The number of hydrogen-bond donors (Lipinski definition) is 2. The Morgan fingerprint density at radius 1 is 1.13 bits per heavy atom. The number of rotatable bonds is 7. The van der Waals surface area contributed by atoms with Crippen molar-refractivity contribution < 1.29 is 29.0 Å². The third-order valence-corrected chi connectivity index (χ3v) is 9.09. The summed E-state index contributed by atoms with van der Waals surface area (Å²) in [5, 5.41) is 15.5. The molecule has 3 aromatic rings. The monoisotopic (exact) mass is 592 g/mol. The lowest BCUT2D eigenvalue weighted by atomic mass is 9.70. The molecule has 2 bridgehead atoms. The summed E-state index contributed by atoms with van der Waals surface area (Å²) in [7, 11) is 0. The van der Waals surface area contributed by atoms with Crippen LogP contribution in [0.5, 0.6) is 0 Å². The van der Waals surface area contributed by atoms with Gasteiger partial charge in [0.05, 0.1) is 37.2 Å². The van der Waals surface area contributed by atoms with Gasteiger partial charge >= 0.3 is 5.97 Å². The third-order valence-electron chi connectivity index (χ3n) is 8.24. The average molecular weight is 593 g/mol. The second-order valence-electron chi connectivity index (χ2n) is 10.3. The zero-order chi connectivity index (χ0) is 27.3. The second kappa shape index (κ2) is 10.0. The summed E-state index contributed by atoms with van der Waals surface area (Å²) >= 11 is 3.65. The van der Waals surface area contributed by atoms with Crippen molar-refractivity contribution >= 4 is 50.2 Å². The molecule has 202 valence electrons. The SMILES string of the molecule is CCOC(=O)[C@H]1[C@@H]2O[C@@]3(CC2Br)[C@@H]1C(=O)N([C@H](CO)c1ccccc1)[C@@H]3C(=O)Nc1ccc2ccccc2c1. The summed E-state index contributed by atoms with van der Waals surface area (Å²) in [6.45, 7) is 1.48. The molecule has 0 saturated carbocycles. The van der Waals surface area contributed by atoms with Gasteiger partial charge in [-0.2, -0.15) is 0 Å². The minimum absolute atomic E-state index is 0.168. The molecule has 2 N–H and O–H groups in total. The summed E-state index contributed by atoms with van der Waals surface area (Å²) in [6.07, 6.45) is -0.233. The maximum Gasteiger partial charge on any atom is 0.312 e. The van der Waals surface area contributed by atoms with Crippen LogP contribution >= 0.6 is 15.9 Å². The standard InChI is InChI=1S/C30H29BrN2O6/c1-2-38-29(37)23-24-28(36)33(22(16-34)18-9-4-3-5-10-18)26(30(24)15-21(31)25(23)39-30)27(35)32-20-13-12-17-8-6-7-11-19(17)14-20/h3-14,21-26,34H,2,15-16H2,1H3,(H,32,35)/t21?,22-,23-,24+,25-,26-,30+/m1/s1. The van der Waals surface area contributed by atoms with E-state index in [1.807, 2.05) is 72.8 Å². The van der Waals surface area contributed by atoms with Crippen molar-refractivity contribution in [1.82, 2.24) is 4.90 Å². The Morgan fingerprint density at radius 3 is 2.56 bits per heavy atom. The number of carbonyl (C=O) groups is 3. The minimum Gasteiger partial charge on any atom is -0.466 e. The number of nitrogens with one attached hydrogen (secondary N) is 1. The fraction of sp³-hybridized carbons (Fsp3) is 0.367. The molecule has 7 atom stereocenters. The van der Waals surface area contributed by atoms with Crippen LogP contribution in [0.4, 0.5) is 5.69 Å². The number of alkyl halides is 1. The Morgan fingerprint density at radius 2 is 1.85 bits per heavy atom. The van der Waals surface area contributed by atoms with E-state index in [1.54, 1.807) is 6.92 Å². The molecule has 3 aliphatic heterocycles. The highest BCUT2D eigenvalue weighted by molar-refractivity contribution is 9.09. The lowest BCUT2D eigenvalue weighted by Gasteiger charge is -2.37. The molecule has 8 nitrogen and oxygen atoms in total. The summed E-state index contributed by atoms with van der Waals surface area (Å²) in [4.78, 5) is 42.8. The van der Waals surface area contributed by atoms with Crippen LogP contribution in [0.1, 0.15) is 24.9 Å². The molecule has 9 heteroatoms. The van der Waals surface area contributed by atoms with Gasteiger partial charge in [-0.05, 0) is 41.8 Å². The zero-order valence-electron chi connectivity index (χ0n) is 21.3. The maximum absolute atomic E-state index is 14.2. The fourth-order valence-electron chi connectivity index (χ4n) is 6.72. The number of benzene rings is 3. The molecule has 6 rings (SSSR count). The number of fused-ring (bicyclic) bond motifs is 2. The molecule has 39 heavy (non-hydrogen) atoms. The van der Waals surface area contributed by atoms with Gasteiger partial charge in [-0.15, -0.1) is 0 Å². The largest absolute Gasteiger partial charge is 0.466 e. The van der Waals surface area contributed by atoms with E-state index in [0.29, 0.717) is 17.7 Å². The smallest absolute Gasteiger partial charge is 0.312 e. The average Bonchev–Trinajstić information content (AvgIpc) is 3.53. The van der Waals surface area contributed by atoms with Crippen LogP contribution in [0, 0.1) is 11.8 Å². The van der Waals surface area contributed by atoms with Gasteiger partial charge in [0.1, 0.15) is 11.6 Å². The molecule has 3 aliphatic rings. The van der Waals surface area contributed by atoms with E-state index in [1.165, 1.54) is 4.90 Å². The summed E-state index contributed by atoms with van der Waals surface area (Å²) in [6, 6.07) is 20.7. The van der Waals surface area contributed by atoms with Crippen LogP contribution in [-0.2, 0) is 23.9 Å². The normalized spacial score (nSPS) is 29.9. The van der Waals surface area contributed by atoms with Crippen LogP contribution in [-0.4, -0.2) is 63.6 Å². The van der Waals surface area contributed by atoms with Gasteiger partial charge in [0.25, 0.3) is 0 Å². The van der Waals surface area contributed by atoms with Gasteiger partial charge < -0.3 is 24.8 Å². The first kappa shape index (κ1) is 26.0. The number of esters is 1. The quantitative estimate of drug-likeness (QED) is 0.319. The first-order valence-corrected chi connectivity index (χ1v) is 14.1. The van der Waals surface area contributed by atoms with Gasteiger partial charge in [0.2, 0.25) is 11.8 Å². The summed E-state index contributed by atoms with van der Waals surface area (Å²) in [5.41, 5.74) is 0.0122. The molecule has 1 unspecified atom stereocenters. The van der Waals surface area contributed by atoms with Gasteiger partial charge in [0, 0.05) is 10.5 Å². The van der Waals surface area contributed by atoms with Crippen molar-refractivity contribution in [3.05, 3.63) is 78.4 Å². The molecular formula is C30H29BrN2O6. The third kappa shape index (κ3) is 4.06. The number of carbonyl (C=O) groups excluding carboxylic acids is 3. The highest BCUT2D eigenvalue weighted by atomic mass is 79.9. The maximum atomic E-state index is 14.2. The predicted octanol–water partition coefficient (Wildman–Crippen LogP) is 3.82. The number of halogens is 1. The van der Waals surface area contributed by atoms with Crippen molar-refractivity contribution in [3.63, 3.8) is 0 Å². The summed E-state index contributed by atoms with van der Waals surface area (Å²) in [5.74, 6) is -3.09. The first-order valence-electron chi connectivity index (χ1n) is 13.2. The van der Waals surface area contributed by atoms with E-state index in [-0.39, 0.29) is 11.4 Å². The van der Waals surface area contributed by atoms with E-state index < -0.39 is 60.0 Å². The number of nitrogens with zero attached hydrogens (tertiary/aromatic N) is 1. The lowest BCUT2D eigenvalue weighted by molar-refractivity contribution is -0.155. The molecule has 1 spiro atoms. The van der Waals surface area contributed by atoms with Crippen molar-refractivity contribution in [2.75, 3.05) is 18.5 Å². The fourth-order valence-corrected chi connectivity index (χ4v) is 7.66. The molecule has 0 aliphatic carbocycles. The topological polar surface area (TPSA) is 105 Å². The Kier molecular flexibility index (Phi) is 6.69. The highest BCUT2D eigenvalue weighted by Crippen LogP contribution is 2.61. The molecule has 2 amide bonds. The van der Waals surface area contributed by atoms with Crippen LogP contribution in [0.2, 0.25) is 0 Å². The van der Waals surface area contributed by atoms with E-state index in [9.17, 15) is 19.5 Å². The number of aliphatic hydroxyl groups excluding tert-OH is 1. The van der Waals surface area contributed by atoms with E-state index in [2.05, 4.69) is 21.2 Å². The number of hydrogen-bond acceptors (Lipinski definition) is 6. The Labute approximate surface area is 234 Å². The van der Waals surface area contributed by atoms with Gasteiger partial charge in [-0.25, -0.2) is 0 Å². The van der Waals surface area contributed by atoms with Gasteiger partial charge in [-0.3, -0.25) is 14.4 Å². The number of likely N-dealkylation sites (tertiary alicyclic amines) is 1. The molecule has 3 saturated heterocycles. The Bertz CT molecular complexity index is 1430. The van der Waals surface area contributed by atoms with Crippen LogP contribution < -0.4 is 5.32 Å². The zero-order valence-corrected chi connectivity index (χ0v) is 22.9. The van der Waals surface area contributed by atoms with Crippen molar-refractivity contribution in [2.24, 2.45) is 11.8 Å². The Balaban J connectivity index is 1.44. The van der Waals surface area contributed by atoms with Gasteiger partial charge in [0.15, 0.2) is 0 Å². The van der Waals surface area contributed by atoms with E-state index in [0.717, 1.165) is 10.8 Å². The predicted molar refractivity (Wildman–Crippen MR) is 148 cm³/mol. The lowest BCUT2D eigenvalue weighted by Crippen LogP contribution is -2.54. The number of anilines is 1. The first-order chi connectivity index (χ1) is 18.9. The number of ether oxygens (including phenoxy) is 2. The van der Waals surface area contributed by atoms with Crippen LogP contribution in [0.3, 0.4) is 0 Å². The second-order valence-corrected chi connectivity index (χ2v) is 11.5. The molecule has 3 fully saturated rings. The number of aliphatic hydroxyl groups is 1. The van der Waals surface area contributed by atoms with E-state index in [4.69, 9.17) is 9.47 Å². The molecule has 3 heterocycles. The summed E-state index contributed by atoms with van der Waals surface area (Å²) < 4.78 is 11.9. The molecule has 0 radical (unpaired) electrons. The Hall–Kier alpha value is -3.27. The van der Waals surface area contributed by atoms with Crippen molar-refractivity contribution in [1.29, 1.82) is 0 Å².